The summed E-state index contributed by atoms with van der Waals surface area (Å²) in [6, 6.07) is 13.5. The Bertz CT molecular complexity index is 2220. The van der Waals surface area contributed by atoms with Gasteiger partial charge in [0.15, 0.2) is 25.4 Å². The monoisotopic (exact) mass is 805 g/mol. The first-order valence-corrected chi connectivity index (χ1v) is 19.2. The number of nitrogens with one attached hydrogen (secondary N) is 1. The highest BCUT2D eigenvalue weighted by atomic mass is 35.5. The van der Waals surface area contributed by atoms with Crippen LogP contribution in [-0.4, -0.2) is 40.3 Å². The van der Waals surface area contributed by atoms with E-state index in [0.29, 0.717) is 23.8 Å². The number of hydrogen-bond donors (Lipinski definition) is 1. The van der Waals surface area contributed by atoms with Crippen LogP contribution in [0.2, 0.25) is 5.02 Å². The van der Waals surface area contributed by atoms with Crippen LogP contribution in [0.3, 0.4) is 0 Å². The quantitative estimate of drug-likeness (QED) is 0.0802. The lowest BCUT2D eigenvalue weighted by atomic mass is 10.0. The number of halogens is 7. The fourth-order valence-electron chi connectivity index (χ4n) is 4.74. The van der Waals surface area contributed by atoms with Gasteiger partial charge in [-0.2, -0.15) is 26.3 Å². The van der Waals surface area contributed by atoms with Crippen LogP contribution in [0.5, 0.6) is 11.5 Å². The summed E-state index contributed by atoms with van der Waals surface area (Å²) in [5.74, 6) is -3.19. The molecular weight excluding hydrogens is 776 g/mol. The van der Waals surface area contributed by atoms with E-state index in [1.807, 2.05) is 0 Å². The number of carbonyl (C=O) groups excluding carboxylic acids is 2. The lowest BCUT2D eigenvalue weighted by molar-refractivity contribution is -0.140. The normalized spacial score (nSPS) is 12.3. The van der Waals surface area contributed by atoms with Crippen molar-refractivity contribution < 1.29 is 62.2 Å². The Morgan fingerprint density at radius 3 is 1.66 bits per heavy atom. The van der Waals surface area contributed by atoms with Crippen molar-refractivity contribution in [2.45, 2.75) is 55.3 Å². The predicted octanol–water partition coefficient (Wildman–Crippen LogP) is 8.59. The van der Waals surface area contributed by atoms with Gasteiger partial charge >= 0.3 is 24.3 Å². The third-order valence-electron chi connectivity index (χ3n) is 7.68. The molecule has 9 nitrogen and oxygen atoms in total. The van der Waals surface area contributed by atoms with E-state index in [9.17, 15) is 52.8 Å². The summed E-state index contributed by atoms with van der Waals surface area (Å²) in [6.45, 7) is 2.87. The first kappa shape index (κ1) is 41.2. The van der Waals surface area contributed by atoms with E-state index in [-0.39, 0.29) is 55.4 Å². The molecule has 53 heavy (non-hydrogen) atoms. The largest absolute Gasteiger partial charge is 0.426 e. The number of sulfone groups is 2. The van der Waals surface area contributed by atoms with Crippen molar-refractivity contribution in [3.8, 4) is 11.5 Å². The summed E-state index contributed by atoms with van der Waals surface area (Å²) in [4.78, 5) is 25.4. The number of alkyl halides is 6. The molecule has 4 rings (SSSR count). The average molecular weight is 806 g/mol. The van der Waals surface area contributed by atoms with Gasteiger partial charge in [0.25, 0.3) is 0 Å². The molecule has 0 bridgehead atoms. The smallest absolute Gasteiger partial charge is 0.416 e. The molecule has 0 amide bonds. The molecule has 0 fully saturated rings. The number of ether oxygens (including phenoxy) is 2. The molecule has 0 aliphatic carbocycles. The average Bonchev–Trinajstić information content (AvgIpc) is 3.09. The predicted molar refractivity (Wildman–Crippen MR) is 183 cm³/mol. The minimum Gasteiger partial charge on any atom is -0.426 e. The van der Waals surface area contributed by atoms with Gasteiger partial charge in [0.2, 0.25) is 0 Å². The van der Waals surface area contributed by atoms with Crippen molar-refractivity contribution in [1.29, 1.82) is 0 Å². The fraction of sp³-hybridized carbons (Fsp3) is 0.257. The molecule has 18 heteroatoms. The maximum Gasteiger partial charge on any atom is 0.416 e. The molecule has 0 spiro atoms. The van der Waals surface area contributed by atoms with Gasteiger partial charge in [0, 0.05) is 6.42 Å². The number of carbonyl (C=O) groups is 2. The van der Waals surface area contributed by atoms with Crippen molar-refractivity contribution in [3.05, 3.63) is 106 Å². The van der Waals surface area contributed by atoms with Gasteiger partial charge in [-0.15, -0.1) is 0 Å². The molecule has 0 radical (unpaired) electrons. The second-order valence-electron chi connectivity index (χ2n) is 11.4. The Labute approximate surface area is 305 Å². The molecule has 0 heterocycles. The number of anilines is 2. The zero-order chi connectivity index (χ0) is 39.4. The summed E-state index contributed by atoms with van der Waals surface area (Å²) >= 11 is 6.21. The molecule has 0 atom stereocenters. The summed E-state index contributed by atoms with van der Waals surface area (Å²) < 4.78 is 140. The first-order valence-electron chi connectivity index (χ1n) is 15.6. The van der Waals surface area contributed by atoms with Crippen LogP contribution in [0.1, 0.15) is 48.9 Å². The highest BCUT2D eigenvalue weighted by molar-refractivity contribution is 7.91. The molecule has 4 aromatic rings. The highest BCUT2D eigenvalue weighted by Gasteiger charge is 2.33. The van der Waals surface area contributed by atoms with Crippen molar-refractivity contribution in [3.63, 3.8) is 0 Å². The van der Waals surface area contributed by atoms with E-state index in [4.69, 9.17) is 21.1 Å². The zero-order valence-electron chi connectivity index (χ0n) is 27.8. The van der Waals surface area contributed by atoms with Gasteiger partial charge < -0.3 is 14.8 Å². The SMILES string of the molecule is CCS(=O)(=O)c1ccc(Cc2cc(C(F)(F)F)ccc2OC(=O)CCC(=O)Oc2ccc(C(F)(F)F)cc2Nc2ccc(S(=O)(=O)CC)cc2Cl)cc1. The number of rotatable bonds is 13. The van der Waals surface area contributed by atoms with Crippen molar-refractivity contribution >= 4 is 54.6 Å². The summed E-state index contributed by atoms with van der Waals surface area (Å²) in [5, 5.41) is 2.44. The topological polar surface area (TPSA) is 133 Å². The summed E-state index contributed by atoms with van der Waals surface area (Å²) in [7, 11) is -7.19. The summed E-state index contributed by atoms with van der Waals surface area (Å²) in [6.07, 6.45) is -11.0. The van der Waals surface area contributed by atoms with Gasteiger partial charge in [-0.1, -0.05) is 37.6 Å². The molecule has 284 valence electrons. The standard InChI is InChI=1S/C35H30ClF6NO8S2/c1-3-52(46,47)25-9-5-21(6-10-25)17-22-18-23(34(37,38)39)7-13-30(22)50-32(44)15-16-33(45)51-31-14-8-24(35(40,41)42)19-29(31)43-28-12-11-26(20-27(28)36)53(48,49)4-2/h5-14,18-20,43H,3-4,15-17H2,1-2H3. The summed E-state index contributed by atoms with van der Waals surface area (Å²) in [5.41, 5.74) is -2.22. The van der Waals surface area contributed by atoms with Crippen LogP contribution < -0.4 is 14.8 Å². The van der Waals surface area contributed by atoms with Crippen molar-refractivity contribution in [1.82, 2.24) is 0 Å². The first-order chi connectivity index (χ1) is 24.6. The number of esters is 2. The van der Waals surface area contributed by atoms with Gasteiger partial charge in [0.05, 0.1) is 61.7 Å². The third kappa shape index (κ3) is 10.7. The van der Waals surface area contributed by atoms with Crippen molar-refractivity contribution in [2.75, 3.05) is 16.8 Å². The van der Waals surface area contributed by atoms with E-state index < -0.39 is 73.7 Å². The molecule has 1 N–H and O–H groups in total. The van der Waals surface area contributed by atoms with E-state index in [0.717, 1.165) is 24.3 Å². The number of benzene rings is 4. The van der Waals surface area contributed by atoms with Crippen LogP contribution in [0.4, 0.5) is 37.7 Å². The van der Waals surface area contributed by atoms with Crippen LogP contribution in [0.25, 0.3) is 0 Å². The Hall–Kier alpha value is -4.61. The van der Waals surface area contributed by atoms with Gasteiger partial charge in [-0.3, -0.25) is 9.59 Å². The molecule has 0 aromatic heterocycles. The van der Waals surface area contributed by atoms with E-state index >= 15 is 0 Å². The maximum absolute atomic E-state index is 13.5. The molecular formula is C35H30ClF6NO8S2. The third-order valence-corrected chi connectivity index (χ3v) is 11.5. The van der Waals surface area contributed by atoms with Gasteiger partial charge in [-0.05, 0) is 77.9 Å². The highest BCUT2D eigenvalue weighted by Crippen LogP contribution is 2.39. The second-order valence-corrected chi connectivity index (χ2v) is 16.3. The van der Waals surface area contributed by atoms with E-state index in [1.54, 1.807) is 0 Å². The van der Waals surface area contributed by atoms with Crippen LogP contribution in [0, 0.1) is 0 Å². The van der Waals surface area contributed by atoms with Gasteiger partial charge in [-0.25, -0.2) is 16.8 Å². The van der Waals surface area contributed by atoms with Crippen LogP contribution in [-0.2, 0) is 48.0 Å². The molecule has 4 aromatic carbocycles. The molecule has 0 aliphatic rings. The molecule has 0 unspecified atom stereocenters. The van der Waals surface area contributed by atoms with E-state index in [2.05, 4.69) is 5.32 Å². The second kappa shape index (κ2) is 16.2. The van der Waals surface area contributed by atoms with E-state index in [1.165, 1.54) is 50.2 Å². The lowest BCUT2D eigenvalue weighted by Crippen LogP contribution is -2.16. The maximum atomic E-state index is 13.5. The molecule has 0 saturated carbocycles. The zero-order valence-corrected chi connectivity index (χ0v) is 30.2. The molecule has 0 aliphatic heterocycles. The van der Waals surface area contributed by atoms with Gasteiger partial charge in [0.1, 0.15) is 5.75 Å². The minimum absolute atomic E-state index is 0.0174. The van der Waals surface area contributed by atoms with Crippen LogP contribution >= 0.6 is 11.6 Å². The Morgan fingerprint density at radius 1 is 0.642 bits per heavy atom. The van der Waals surface area contributed by atoms with Crippen molar-refractivity contribution in [2.24, 2.45) is 0 Å². The Morgan fingerprint density at radius 2 is 1.13 bits per heavy atom. The molecule has 0 saturated heterocycles. The fourth-order valence-corrected chi connectivity index (χ4v) is 6.82. The Balaban J connectivity index is 1.50. The number of hydrogen-bond acceptors (Lipinski definition) is 9. The minimum atomic E-state index is -4.80. The Kier molecular flexibility index (Phi) is 12.6. The van der Waals surface area contributed by atoms with Crippen LogP contribution in [0.15, 0.2) is 88.7 Å². The lowest BCUT2D eigenvalue weighted by Gasteiger charge is -2.16.